The number of nitrogens with two attached hydrogens (primary N) is 1. The van der Waals surface area contributed by atoms with Crippen LogP contribution in [0.4, 0.5) is 11.4 Å². The summed E-state index contributed by atoms with van der Waals surface area (Å²) in [5.41, 5.74) is 8.19. The summed E-state index contributed by atoms with van der Waals surface area (Å²) in [5.74, 6) is -0.315. The van der Waals surface area contributed by atoms with Crippen LogP contribution in [0.2, 0.25) is 0 Å². The molecule has 0 amide bonds. The van der Waals surface area contributed by atoms with Crippen LogP contribution in [-0.2, 0) is 4.74 Å². The Morgan fingerprint density at radius 2 is 2.21 bits per heavy atom. The van der Waals surface area contributed by atoms with Crippen LogP contribution in [0.15, 0.2) is 18.2 Å². The third kappa shape index (κ3) is 3.00. The zero-order chi connectivity index (χ0) is 13.8. The first-order valence-corrected chi connectivity index (χ1v) is 6.92. The molecule has 1 aromatic carbocycles. The zero-order valence-electron chi connectivity index (χ0n) is 11.7. The fraction of sp³-hybridized carbons (Fsp3) is 0.533. The van der Waals surface area contributed by atoms with Crippen LogP contribution in [0.5, 0.6) is 0 Å². The summed E-state index contributed by atoms with van der Waals surface area (Å²) in [6.07, 6.45) is 4.59. The Morgan fingerprint density at radius 1 is 1.47 bits per heavy atom. The Balaban J connectivity index is 2.36. The van der Waals surface area contributed by atoms with Gasteiger partial charge in [0.05, 0.1) is 24.0 Å². The number of para-hydroxylation sites is 1. The molecule has 0 bridgehead atoms. The summed E-state index contributed by atoms with van der Waals surface area (Å²) in [4.78, 5) is 14.2. The van der Waals surface area contributed by atoms with E-state index in [0.717, 1.165) is 25.1 Å². The maximum atomic E-state index is 11.9. The van der Waals surface area contributed by atoms with Crippen LogP contribution in [0, 0.1) is 0 Å². The fourth-order valence-corrected chi connectivity index (χ4v) is 2.35. The molecule has 104 valence electrons. The second-order valence-electron chi connectivity index (χ2n) is 5.01. The van der Waals surface area contributed by atoms with E-state index in [4.69, 9.17) is 10.5 Å². The molecule has 1 aliphatic carbocycles. The molecular formula is C15H22N2O2. The van der Waals surface area contributed by atoms with Crippen LogP contribution in [0.3, 0.4) is 0 Å². The highest BCUT2D eigenvalue weighted by Crippen LogP contribution is 2.37. The van der Waals surface area contributed by atoms with E-state index in [9.17, 15) is 4.79 Å². The van der Waals surface area contributed by atoms with Gasteiger partial charge in [-0.3, -0.25) is 0 Å². The van der Waals surface area contributed by atoms with Gasteiger partial charge in [-0.05, 0) is 31.4 Å². The molecule has 0 radical (unpaired) electrons. The normalized spacial score (nSPS) is 14.2. The molecule has 4 heteroatoms. The van der Waals surface area contributed by atoms with Crippen LogP contribution in [-0.4, -0.2) is 25.7 Å². The molecule has 1 fully saturated rings. The van der Waals surface area contributed by atoms with Gasteiger partial charge in [0.25, 0.3) is 0 Å². The van der Waals surface area contributed by atoms with Crippen molar-refractivity contribution in [1.82, 2.24) is 0 Å². The van der Waals surface area contributed by atoms with Crippen LogP contribution < -0.4 is 10.6 Å². The topological polar surface area (TPSA) is 55.6 Å². The minimum Gasteiger partial charge on any atom is -0.465 e. The molecule has 1 saturated carbocycles. The average molecular weight is 262 g/mol. The molecule has 0 atom stereocenters. The molecule has 4 nitrogen and oxygen atoms in total. The summed E-state index contributed by atoms with van der Waals surface area (Å²) in [6.45, 7) is 3.11. The molecule has 0 unspecified atom stereocenters. The summed E-state index contributed by atoms with van der Waals surface area (Å²) >= 11 is 0. The Labute approximate surface area is 114 Å². The summed E-state index contributed by atoms with van der Waals surface area (Å²) in [5, 5.41) is 0. The summed E-state index contributed by atoms with van der Waals surface area (Å²) in [6, 6.07) is 5.97. The minimum atomic E-state index is -0.315. The Bertz CT molecular complexity index is 455. The average Bonchev–Trinajstić information content (AvgIpc) is 3.24. The highest BCUT2D eigenvalue weighted by Gasteiger charge is 2.32. The Morgan fingerprint density at radius 3 is 2.79 bits per heavy atom. The number of unbranched alkanes of at least 4 members (excludes halogenated alkanes) is 1. The lowest BCUT2D eigenvalue weighted by molar-refractivity contribution is 0.0601. The van der Waals surface area contributed by atoms with E-state index in [1.54, 1.807) is 12.1 Å². The number of nitrogen functional groups attached to an aromatic ring is 1. The number of hydrogen-bond donors (Lipinski definition) is 1. The van der Waals surface area contributed by atoms with Crippen molar-refractivity contribution in [3.05, 3.63) is 23.8 Å². The highest BCUT2D eigenvalue weighted by atomic mass is 16.5. The lowest BCUT2D eigenvalue weighted by atomic mass is 10.1. The standard InChI is InChI=1S/C15H22N2O2/c1-3-4-10-17(11-8-9-11)14-12(15(18)19-2)6-5-7-13(14)16/h5-7,11H,3-4,8-10,16H2,1-2H3. The first-order chi connectivity index (χ1) is 9.19. The van der Waals surface area contributed by atoms with Crippen LogP contribution in [0.25, 0.3) is 0 Å². The van der Waals surface area contributed by atoms with Crippen molar-refractivity contribution in [3.8, 4) is 0 Å². The first-order valence-electron chi connectivity index (χ1n) is 6.92. The SMILES string of the molecule is CCCCN(c1c(N)cccc1C(=O)OC)C1CC1. The number of anilines is 2. The fourth-order valence-electron chi connectivity index (χ4n) is 2.35. The van der Waals surface area contributed by atoms with Gasteiger partial charge in [0.1, 0.15) is 0 Å². The second-order valence-corrected chi connectivity index (χ2v) is 5.01. The number of esters is 1. The highest BCUT2D eigenvalue weighted by molar-refractivity contribution is 5.99. The molecule has 0 heterocycles. The third-order valence-corrected chi connectivity index (χ3v) is 3.50. The molecule has 2 N–H and O–H groups in total. The van der Waals surface area contributed by atoms with Gasteiger partial charge >= 0.3 is 5.97 Å². The zero-order valence-corrected chi connectivity index (χ0v) is 11.7. The van der Waals surface area contributed by atoms with E-state index in [1.165, 1.54) is 20.0 Å². The number of methoxy groups -OCH3 is 1. The van der Waals surface area contributed by atoms with Gasteiger partial charge in [0, 0.05) is 12.6 Å². The first kappa shape index (κ1) is 13.7. The number of carbonyl (C=O) groups is 1. The molecule has 0 saturated heterocycles. The Kier molecular flexibility index (Phi) is 4.30. The largest absolute Gasteiger partial charge is 0.465 e. The minimum absolute atomic E-state index is 0.315. The molecule has 1 aliphatic rings. The van der Waals surface area contributed by atoms with E-state index in [0.29, 0.717) is 17.3 Å². The van der Waals surface area contributed by atoms with Crippen LogP contribution >= 0.6 is 0 Å². The maximum Gasteiger partial charge on any atom is 0.340 e. The van der Waals surface area contributed by atoms with E-state index in [1.807, 2.05) is 6.07 Å². The van der Waals surface area contributed by atoms with Gasteiger partial charge in [-0.1, -0.05) is 19.4 Å². The molecule has 0 aliphatic heterocycles. The van der Waals surface area contributed by atoms with Gasteiger partial charge in [-0.25, -0.2) is 4.79 Å². The van der Waals surface area contributed by atoms with Gasteiger partial charge in [0.2, 0.25) is 0 Å². The lowest BCUT2D eigenvalue weighted by Crippen LogP contribution is -2.29. The van der Waals surface area contributed by atoms with Crippen molar-refractivity contribution in [1.29, 1.82) is 0 Å². The number of hydrogen-bond acceptors (Lipinski definition) is 4. The number of benzene rings is 1. The van der Waals surface area contributed by atoms with Crippen molar-refractivity contribution in [2.24, 2.45) is 0 Å². The van der Waals surface area contributed by atoms with Crippen molar-refractivity contribution in [2.75, 3.05) is 24.3 Å². The summed E-state index contributed by atoms with van der Waals surface area (Å²) in [7, 11) is 1.41. The van der Waals surface area contributed by atoms with Crippen molar-refractivity contribution in [2.45, 2.75) is 38.6 Å². The molecule has 1 aromatic rings. The second kappa shape index (κ2) is 5.95. The molecule has 0 spiro atoms. The maximum absolute atomic E-state index is 11.9. The monoisotopic (exact) mass is 262 g/mol. The van der Waals surface area contributed by atoms with Crippen LogP contribution in [0.1, 0.15) is 43.0 Å². The number of carbonyl (C=O) groups excluding carboxylic acids is 1. The molecule has 19 heavy (non-hydrogen) atoms. The van der Waals surface area contributed by atoms with E-state index < -0.39 is 0 Å². The third-order valence-electron chi connectivity index (χ3n) is 3.50. The molecule has 0 aromatic heterocycles. The van der Waals surface area contributed by atoms with E-state index >= 15 is 0 Å². The van der Waals surface area contributed by atoms with Crippen molar-refractivity contribution in [3.63, 3.8) is 0 Å². The van der Waals surface area contributed by atoms with Gasteiger partial charge < -0.3 is 15.4 Å². The summed E-state index contributed by atoms with van der Waals surface area (Å²) < 4.78 is 4.87. The smallest absolute Gasteiger partial charge is 0.340 e. The van der Waals surface area contributed by atoms with Gasteiger partial charge in [-0.2, -0.15) is 0 Å². The quantitative estimate of drug-likeness (QED) is 0.632. The number of nitrogens with zero attached hydrogens (tertiary/aromatic N) is 1. The Hall–Kier alpha value is -1.71. The predicted molar refractivity (Wildman–Crippen MR) is 77.5 cm³/mol. The molecular weight excluding hydrogens is 240 g/mol. The number of ether oxygens (including phenoxy) is 1. The van der Waals surface area contributed by atoms with E-state index in [2.05, 4.69) is 11.8 Å². The lowest BCUT2D eigenvalue weighted by Gasteiger charge is -2.27. The van der Waals surface area contributed by atoms with Crippen molar-refractivity contribution < 1.29 is 9.53 Å². The molecule has 2 rings (SSSR count). The van der Waals surface area contributed by atoms with Gasteiger partial charge in [-0.15, -0.1) is 0 Å². The van der Waals surface area contributed by atoms with Gasteiger partial charge in [0.15, 0.2) is 0 Å². The predicted octanol–water partition coefficient (Wildman–Crippen LogP) is 2.82. The number of rotatable bonds is 6. The van der Waals surface area contributed by atoms with Crippen molar-refractivity contribution >= 4 is 17.3 Å². The van der Waals surface area contributed by atoms with E-state index in [-0.39, 0.29) is 5.97 Å².